The zero-order chi connectivity index (χ0) is 22.0. The Bertz CT molecular complexity index is 1110. The number of fused-ring (bicyclic) bond motifs is 1. The molecule has 160 valence electrons. The van der Waals surface area contributed by atoms with Crippen molar-refractivity contribution in [2.24, 2.45) is 0 Å². The number of anilines is 3. The van der Waals surface area contributed by atoms with Crippen molar-refractivity contribution < 1.29 is 14.6 Å². The van der Waals surface area contributed by atoms with E-state index in [0.29, 0.717) is 18.8 Å². The van der Waals surface area contributed by atoms with Crippen LogP contribution >= 0.6 is 0 Å². The lowest BCUT2D eigenvalue weighted by Gasteiger charge is -2.29. The first kappa shape index (κ1) is 20.7. The van der Waals surface area contributed by atoms with E-state index in [2.05, 4.69) is 72.5 Å². The number of carboxylic acids is 1. The van der Waals surface area contributed by atoms with E-state index in [1.54, 1.807) is 6.20 Å². The Hall–Kier alpha value is -3.54. The van der Waals surface area contributed by atoms with Gasteiger partial charge in [-0.15, -0.1) is 0 Å². The molecule has 0 saturated heterocycles. The van der Waals surface area contributed by atoms with Gasteiger partial charge < -0.3 is 20.1 Å². The van der Waals surface area contributed by atoms with Gasteiger partial charge in [-0.25, -0.2) is 4.79 Å². The lowest BCUT2D eigenvalue weighted by molar-refractivity contribution is 0.0697. The van der Waals surface area contributed by atoms with E-state index in [4.69, 9.17) is 4.74 Å². The largest absolute Gasteiger partial charge is 0.493 e. The monoisotopic (exact) mass is 417 g/mol. The maximum absolute atomic E-state index is 11.4. The summed E-state index contributed by atoms with van der Waals surface area (Å²) in [6.45, 7) is 5.49. The number of aromatic nitrogens is 1. The number of carboxylic acid groups (broad SMARTS) is 1. The molecule has 1 aliphatic heterocycles. The molecule has 2 heterocycles. The van der Waals surface area contributed by atoms with Crippen LogP contribution < -0.4 is 15.0 Å². The topological polar surface area (TPSA) is 74.7 Å². The third-order valence-corrected chi connectivity index (χ3v) is 6.02. The SMILES string of the molecule is Cc1ccc(N(C)c2ccc3c(c2)OCC[C@H]3CNc2cnccc2C(=O)O)cc1C. The van der Waals surface area contributed by atoms with Gasteiger partial charge in [-0.05, 0) is 61.2 Å². The fourth-order valence-electron chi connectivity index (χ4n) is 3.91. The molecule has 4 rings (SSSR count). The maximum Gasteiger partial charge on any atom is 0.337 e. The van der Waals surface area contributed by atoms with Crippen molar-refractivity contribution in [3.05, 3.63) is 77.1 Å². The molecule has 0 unspecified atom stereocenters. The van der Waals surface area contributed by atoms with Gasteiger partial charge in [-0.2, -0.15) is 0 Å². The molecule has 0 amide bonds. The van der Waals surface area contributed by atoms with Crippen molar-refractivity contribution in [1.82, 2.24) is 4.98 Å². The number of nitrogens with zero attached hydrogens (tertiary/aromatic N) is 2. The molecule has 3 aromatic rings. The Morgan fingerprint density at radius 2 is 1.94 bits per heavy atom. The predicted octanol–water partition coefficient (Wildman–Crippen LogP) is 5.14. The second-order valence-electron chi connectivity index (χ2n) is 7.99. The van der Waals surface area contributed by atoms with Crippen LogP contribution in [0, 0.1) is 13.8 Å². The fraction of sp³-hybridized carbons (Fsp3) is 0.280. The molecule has 31 heavy (non-hydrogen) atoms. The minimum atomic E-state index is -0.962. The highest BCUT2D eigenvalue weighted by Crippen LogP contribution is 2.38. The first-order valence-electron chi connectivity index (χ1n) is 10.4. The normalized spacial score (nSPS) is 15.0. The van der Waals surface area contributed by atoms with Gasteiger partial charge in [0.05, 0.1) is 24.1 Å². The van der Waals surface area contributed by atoms with Gasteiger partial charge in [0.15, 0.2) is 0 Å². The second kappa shape index (κ2) is 8.68. The van der Waals surface area contributed by atoms with Crippen molar-refractivity contribution in [3.8, 4) is 5.75 Å². The number of hydrogen-bond acceptors (Lipinski definition) is 5. The first-order valence-corrected chi connectivity index (χ1v) is 10.4. The molecule has 0 radical (unpaired) electrons. The number of nitrogens with one attached hydrogen (secondary N) is 1. The van der Waals surface area contributed by atoms with E-state index in [-0.39, 0.29) is 11.5 Å². The number of rotatable bonds is 6. The predicted molar refractivity (Wildman–Crippen MR) is 123 cm³/mol. The van der Waals surface area contributed by atoms with Gasteiger partial charge >= 0.3 is 5.97 Å². The quantitative estimate of drug-likeness (QED) is 0.578. The zero-order valence-electron chi connectivity index (χ0n) is 18.1. The lowest BCUT2D eigenvalue weighted by Crippen LogP contribution is -2.22. The summed E-state index contributed by atoms with van der Waals surface area (Å²) in [5.74, 6) is 0.152. The van der Waals surface area contributed by atoms with E-state index < -0.39 is 5.97 Å². The van der Waals surface area contributed by atoms with E-state index in [1.807, 2.05) is 0 Å². The Kier molecular flexibility index (Phi) is 5.80. The number of benzene rings is 2. The molecule has 0 aliphatic carbocycles. The summed E-state index contributed by atoms with van der Waals surface area (Å²) in [6.07, 6.45) is 3.92. The summed E-state index contributed by atoms with van der Waals surface area (Å²) < 4.78 is 5.98. The number of hydrogen-bond donors (Lipinski definition) is 2. The minimum absolute atomic E-state index is 0.228. The van der Waals surface area contributed by atoms with Crippen LogP contribution in [-0.4, -0.2) is 36.3 Å². The molecule has 0 fully saturated rings. The van der Waals surface area contributed by atoms with Gasteiger partial charge in [0.2, 0.25) is 0 Å². The van der Waals surface area contributed by atoms with E-state index in [0.717, 1.165) is 29.1 Å². The first-order chi connectivity index (χ1) is 14.9. The van der Waals surface area contributed by atoms with Crippen LogP contribution in [0.2, 0.25) is 0 Å². The van der Waals surface area contributed by atoms with Crippen molar-refractivity contribution in [2.75, 3.05) is 30.4 Å². The van der Waals surface area contributed by atoms with Gasteiger partial charge in [0, 0.05) is 43.1 Å². The van der Waals surface area contributed by atoms with Gasteiger partial charge in [-0.3, -0.25) is 4.98 Å². The molecule has 6 heteroatoms. The molecule has 1 aliphatic rings. The van der Waals surface area contributed by atoms with E-state index in [1.165, 1.54) is 23.4 Å². The Balaban J connectivity index is 1.53. The number of pyridine rings is 1. The van der Waals surface area contributed by atoms with Crippen LogP contribution in [0.1, 0.15) is 39.4 Å². The maximum atomic E-state index is 11.4. The lowest BCUT2D eigenvalue weighted by atomic mass is 9.92. The summed E-state index contributed by atoms with van der Waals surface area (Å²) >= 11 is 0. The van der Waals surface area contributed by atoms with Crippen molar-refractivity contribution in [2.45, 2.75) is 26.2 Å². The Morgan fingerprint density at radius 1 is 1.16 bits per heavy atom. The van der Waals surface area contributed by atoms with Crippen LogP contribution in [0.25, 0.3) is 0 Å². The second-order valence-corrected chi connectivity index (χ2v) is 7.99. The molecular formula is C25H27N3O3. The average molecular weight is 418 g/mol. The number of aromatic carboxylic acids is 1. The molecule has 2 aromatic carbocycles. The van der Waals surface area contributed by atoms with Gasteiger partial charge in [0.25, 0.3) is 0 Å². The van der Waals surface area contributed by atoms with Crippen LogP contribution in [0.5, 0.6) is 5.75 Å². The standard InChI is InChI=1S/C25H27N3O3/c1-16-4-5-19(12-17(16)2)28(3)20-6-7-21-18(9-11-31-24(21)13-20)14-27-23-15-26-10-8-22(23)25(29)30/h4-8,10,12-13,15,18,27H,9,11,14H2,1-3H3,(H,29,30)/t18-/m0/s1. The summed E-state index contributed by atoms with van der Waals surface area (Å²) in [5.41, 5.74) is 6.64. The zero-order valence-corrected chi connectivity index (χ0v) is 18.1. The third kappa shape index (κ3) is 4.33. The molecule has 0 spiro atoms. The van der Waals surface area contributed by atoms with Crippen LogP contribution in [0.3, 0.4) is 0 Å². The molecule has 1 atom stereocenters. The fourth-order valence-corrected chi connectivity index (χ4v) is 3.91. The highest BCUT2D eigenvalue weighted by Gasteiger charge is 2.23. The molecule has 2 N–H and O–H groups in total. The summed E-state index contributed by atoms with van der Waals surface area (Å²) in [5, 5.41) is 12.6. The van der Waals surface area contributed by atoms with Crippen molar-refractivity contribution >= 4 is 23.0 Å². The Labute approximate surface area is 182 Å². The molecule has 1 aromatic heterocycles. The summed E-state index contributed by atoms with van der Waals surface area (Å²) in [4.78, 5) is 17.6. The van der Waals surface area contributed by atoms with E-state index >= 15 is 0 Å². The smallest absolute Gasteiger partial charge is 0.337 e. The van der Waals surface area contributed by atoms with Gasteiger partial charge in [-0.1, -0.05) is 12.1 Å². The number of ether oxygens (including phenoxy) is 1. The number of aryl methyl sites for hydroxylation is 2. The molecule has 0 saturated carbocycles. The van der Waals surface area contributed by atoms with Crippen LogP contribution in [-0.2, 0) is 0 Å². The molecule has 6 nitrogen and oxygen atoms in total. The molecule has 0 bridgehead atoms. The highest BCUT2D eigenvalue weighted by atomic mass is 16.5. The van der Waals surface area contributed by atoms with Gasteiger partial charge in [0.1, 0.15) is 5.75 Å². The van der Waals surface area contributed by atoms with Crippen molar-refractivity contribution in [1.29, 1.82) is 0 Å². The van der Waals surface area contributed by atoms with Crippen LogP contribution in [0.15, 0.2) is 54.9 Å². The van der Waals surface area contributed by atoms with Crippen molar-refractivity contribution in [3.63, 3.8) is 0 Å². The summed E-state index contributed by atoms with van der Waals surface area (Å²) in [7, 11) is 2.06. The Morgan fingerprint density at radius 3 is 2.71 bits per heavy atom. The average Bonchev–Trinajstić information content (AvgIpc) is 2.78. The number of carbonyl (C=O) groups is 1. The van der Waals surface area contributed by atoms with Crippen LogP contribution in [0.4, 0.5) is 17.1 Å². The highest BCUT2D eigenvalue weighted by molar-refractivity contribution is 5.93. The summed E-state index contributed by atoms with van der Waals surface area (Å²) in [6, 6.07) is 14.3. The minimum Gasteiger partial charge on any atom is -0.493 e. The third-order valence-electron chi connectivity index (χ3n) is 6.02. The van der Waals surface area contributed by atoms with E-state index in [9.17, 15) is 9.90 Å². The molecular weight excluding hydrogens is 390 g/mol.